The molecule has 4 heterocycles. The predicted molar refractivity (Wildman–Crippen MR) is 222 cm³/mol. The Kier molecular flexibility index (Phi) is 17.8. The summed E-state index contributed by atoms with van der Waals surface area (Å²) in [5, 5.41) is 64.6. The first kappa shape index (κ1) is 49.6. The minimum atomic E-state index is -1.52. The third kappa shape index (κ3) is 12.4. The number of nitrogens with zero attached hydrogens (tertiary/aromatic N) is 4. The van der Waals surface area contributed by atoms with Crippen LogP contribution in [0.2, 0.25) is 0 Å². The molecule has 0 spiro atoms. The van der Waals surface area contributed by atoms with Gasteiger partial charge < -0.3 is 76.8 Å². The molecule has 1 aromatic carbocycles. The molecule has 24 nitrogen and oxygen atoms in total. The fourth-order valence-electron chi connectivity index (χ4n) is 7.19. The van der Waals surface area contributed by atoms with Crippen LogP contribution in [0.3, 0.4) is 0 Å². The number of aliphatic hydroxyl groups is 5. The van der Waals surface area contributed by atoms with Crippen LogP contribution in [0.1, 0.15) is 52.3 Å². The molecule has 3 aromatic rings. The Bertz CT molecular complexity index is 2040. The lowest BCUT2D eigenvalue weighted by atomic mass is 9.96. The van der Waals surface area contributed by atoms with Gasteiger partial charge in [-0.05, 0) is 24.8 Å². The zero-order valence-electron chi connectivity index (χ0n) is 35.8. The van der Waals surface area contributed by atoms with Gasteiger partial charge in [0.15, 0.2) is 29.5 Å². The molecule has 12 N–H and O–H groups in total. The summed E-state index contributed by atoms with van der Waals surface area (Å²) in [5.41, 5.74) is 6.96. The van der Waals surface area contributed by atoms with E-state index in [0.29, 0.717) is 11.3 Å². The first-order valence-corrected chi connectivity index (χ1v) is 20.8. The Morgan fingerprint density at radius 3 is 2.23 bits per heavy atom. The maximum atomic E-state index is 13.5. The van der Waals surface area contributed by atoms with E-state index < -0.39 is 122 Å². The van der Waals surface area contributed by atoms with E-state index in [9.17, 15) is 49.5 Å². The quantitative estimate of drug-likeness (QED) is 0.0435. The summed E-state index contributed by atoms with van der Waals surface area (Å²) < 4.78 is 24.7. The highest BCUT2D eigenvalue weighted by Crippen LogP contribution is 2.32. The number of benzene rings is 1. The number of hydrogen-bond acceptors (Lipinski definition) is 18. The van der Waals surface area contributed by atoms with Gasteiger partial charge in [-0.15, -0.1) is 0 Å². The van der Waals surface area contributed by atoms with Crippen LogP contribution in [-0.2, 0) is 49.5 Å². The highest BCUT2D eigenvalue weighted by atomic mass is 16.7. The van der Waals surface area contributed by atoms with Crippen molar-refractivity contribution in [3.63, 3.8) is 0 Å². The lowest BCUT2D eigenvalue weighted by Gasteiger charge is -2.44. The zero-order valence-corrected chi connectivity index (χ0v) is 35.8. The summed E-state index contributed by atoms with van der Waals surface area (Å²) in [6, 6.07) is 5.44. The van der Waals surface area contributed by atoms with Crippen molar-refractivity contribution in [1.82, 2.24) is 40.8 Å². The second kappa shape index (κ2) is 23.0. The van der Waals surface area contributed by atoms with Crippen molar-refractivity contribution < 1.29 is 68.5 Å². The molecule has 352 valence electrons. The van der Waals surface area contributed by atoms with Gasteiger partial charge >= 0.3 is 0 Å². The molecule has 0 saturated carbocycles. The van der Waals surface area contributed by atoms with E-state index >= 15 is 0 Å². The molecular formula is C40H58N10O14. The molecule has 64 heavy (non-hydrogen) atoms. The van der Waals surface area contributed by atoms with E-state index in [1.165, 1.54) is 31.1 Å². The number of nitrogens with two attached hydrogens (primary N) is 1. The van der Waals surface area contributed by atoms with Crippen LogP contribution in [-0.4, -0.2) is 168 Å². The largest absolute Gasteiger partial charge is 0.394 e. The number of rotatable bonds is 22. The van der Waals surface area contributed by atoms with Gasteiger partial charge in [0.2, 0.25) is 29.5 Å². The smallest absolute Gasteiger partial charge is 0.249 e. The molecule has 0 radical (unpaired) electrons. The monoisotopic (exact) mass is 902 g/mol. The summed E-state index contributed by atoms with van der Waals surface area (Å²) in [5.74, 6) is -3.66. The Balaban J connectivity index is 1.12. The lowest BCUT2D eigenvalue weighted by Crippen LogP contribution is -2.66. The van der Waals surface area contributed by atoms with Crippen molar-refractivity contribution in [3.05, 3.63) is 48.5 Å². The number of fused-ring (bicyclic) bond motifs is 1. The van der Waals surface area contributed by atoms with Gasteiger partial charge in [0.05, 0.1) is 26.1 Å². The van der Waals surface area contributed by atoms with E-state index in [-0.39, 0.29) is 38.2 Å². The minimum absolute atomic E-state index is 0.0501. The molecule has 5 amide bonds. The van der Waals surface area contributed by atoms with E-state index in [1.54, 1.807) is 13.8 Å². The van der Waals surface area contributed by atoms with Crippen LogP contribution >= 0.6 is 0 Å². The lowest BCUT2D eigenvalue weighted by molar-refractivity contribution is -0.283. The van der Waals surface area contributed by atoms with Crippen LogP contribution < -0.4 is 32.3 Å². The number of hydrogen-bond donors (Lipinski definition) is 11. The third-order valence-corrected chi connectivity index (χ3v) is 10.7. The molecule has 2 aliphatic heterocycles. The van der Waals surface area contributed by atoms with Crippen LogP contribution in [0, 0.1) is 5.92 Å². The molecule has 2 aliphatic rings. The van der Waals surface area contributed by atoms with Gasteiger partial charge in [-0.25, -0.2) is 15.0 Å². The number of carbonyl (C=O) groups excluding carboxylic acids is 5. The number of anilines is 1. The molecule has 24 heteroatoms. The zero-order chi connectivity index (χ0) is 46.7. The van der Waals surface area contributed by atoms with Crippen LogP contribution in [0.5, 0.6) is 0 Å². The number of aromatic nitrogens is 4. The summed E-state index contributed by atoms with van der Waals surface area (Å²) in [4.78, 5) is 77.2. The number of imidazole rings is 1. The van der Waals surface area contributed by atoms with Crippen LogP contribution in [0.25, 0.3) is 11.2 Å². The van der Waals surface area contributed by atoms with Crippen molar-refractivity contribution in [1.29, 1.82) is 0 Å². The van der Waals surface area contributed by atoms with E-state index in [2.05, 4.69) is 41.5 Å². The van der Waals surface area contributed by atoms with E-state index in [1.807, 2.05) is 30.3 Å². The number of primary amides is 1. The third-order valence-electron chi connectivity index (χ3n) is 10.7. The topological polar surface area (TPSA) is 353 Å². The van der Waals surface area contributed by atoms with Gasteiger partial charge in [0, 0.05) is 26.4 Å². The standard InChI is InChI=1S/C40H58N10O14/c1-19(2)27(49-37(59)20(3)62-33-28(47-21(4)53)40(64-25(15-52)31(33)56)61-16-22-8-6-5-7-9-22)38(60)48-23(34(41)58)10-11-26(54)42-12-13-43-35-29-36(45-17-44-35)50(18-46-29)39-32(57)30(55)24(14-51)63-39/h5-9,17-20,23-25,27-28,30-33,39-40,51-52,55-57H,10-16H2,1-4H3,(H2,41,58)(H,42,54)(H,47,53)(H,48,60)(H,49,59)(H,43,44,45)/t20-,23-,24-,25-,27+,28-,30-,31-,32-,33-,39-,40+/m1/s1. The number of carbonyl (C=O) groups is 5. The average Bonchev–Trinajstić information content (AvgIpc) is 3.83. The highest BCUT2D eigenvalue weighted by molar-refractivity contribution is 5.93. The van der Waals surface area contributed by atoms with Crippen molar-refractivity contribution >= 4 is 46.5 Å². The minimum Gasteiger partial charge on any atom is -0.394 e. The number of nitrogens with one attached hydrogen (secondary N) is 5. The van der Waals surface area contributed by atoms with Gasteiger partial charge in [0.25, 0.3) is 0 Å². The molecule has 0 aliphatic carbocycles. The molecular weight excluding hydrogens is 844 g/mol. The van der Waals surface area contributed by atoms with Gasteiger partial charge in [-0.1, -0.05) is 44.2 Å². The molecule has 0 bridgehead atoms. The van der Waals surface area contributed by atoms with Crippen molar-refractivity contribution in [2.75, 3.05) is 31.6 Å². The highest BCUT2D eigenvalue weighted by Gasteiger charge is 2.48. The SMILES string of the molecule is CC(=O)N[C@H]1[C@@H](OCc2ccccc2)O[C@H](CO)[C@@H](O)[C@@H]1O[C@H](C)C(=O)N[C@H](C(=O)N[C@H](CCC(=O)NCCNc1ncnc2c1ncn2[C@@H]1O[C@H](CO)[C@@H](O)[C@H]1O)C(N)=O)C(C)C. The van der Waals surface area contributed by atoms with Crippen LogP contribution in [0.4, 0.5) is 5.82 Å². The second-order valence-electron chi connectivity index (χ2n) is 15.8. The average molecular weight is 903 g/mol. The number of aliphatic hydroxyl groups excluding tert-OH is 5. The summed E-state index contributed by atoms with van der Waals surface area (Å²) >= 11 is 0. The fraction of sp³-hybridized carbons (Fsp3) is 0.600. The Labute approximate surface area is 367 Å². The summed E-state index contributed by atoms with van der Waals surface area (Å²) in [7, 11) is 0. The van der Waals surface area contributed by atoms with Crippen LogP contribution in [0.15, 0.2) is 43.0 Å². The Morgan fingerprint density at radius 1 is 0.891 bits per heavy atom. The van der Waals surface area contributed by atoms with Gasteiger partial charge in [-0.3, -0.25) is 28.5 Å². The molecule has 12 atom stereocenters. The molecule has 2 fully saturated rings. The van der Waals surface area contributed by atoms with Crippen molar-refractivity contribution in [2.45, 2.75) is 121 Å². The normalized spacial score (nSPS) is 25.9. The fourth-order valence-corrected chi connectivity index (χ4v) is 7.19. The molecule has 0 unspecified atom stereocenters. The number of ether oxygens (including phenoxy) is 4. The first-order chi connectivity index (χ1) is 30.5. The molecule has 2 aromatic heterocycles. The second-order valence-corrected chi connectivity index (χ2v) is 15.8. The maximum Gasteiger partial charge on any atom is 0.249 e. The first-order valence-electron chi connectivity index (χ1n) is 20.8. The van der Waals surface area contributed by atoms with E-state index in [0.717, 1.165) is 5.56 Å². The molecule has 5 rings (SSSR count). The summed E-state index contributed by atoms with van der Waals surface area (Å²) in [6.45, 7) is 5.11. The maximum absolute atomic E-state index is 13.5. The van der Waals surface area contributed by atoms with Gasteiger partial charge in [-0.2, -0.15) is 0 Å². The Hall–Kier alpha value is -5.44. The van der Waals surface area contributed by atoms with Gasteiger partial charge in [0.1, 0.15) is 67.2 Å². The Morgan fingerprint density at radius 2 is 1.59 bits per heavy atom. The predicted octanol–water partition coefficient (Wildman–Crippen LogP) is -3.57. The van der Waals surface area contributed by atoms with Crippen molar-refractivity contribution in [3.8, 4) is 0 Å². The summed E-state index contributed by atoms with van der Waals surface area (Å²) in [6.07, 6.45) is -9.07. The van der Waals surface area contributed by atoms with Crippen molar-refractivity contribution in [2.24, 2.45) is 11.7 Å². The van der Waals surface area contributed by atoms with E-state index in [4.69, 9.17) is 24.7 Å². The number of amides is 5. The molecule has 2 saturated heterocycles.